The lowest BCUT2D eigenvalue weighted by molar-refractivity contribution is -0.000727. The molecule has 1 aliphatic heterocycles. The zero-order chi connectivity index (χ0) is 10.0. The summed E-state index contributed by atoms with van der Waals surface area (Å²) in [6.45, 7) is 2.97. The van der Waals surface area contributed by atoms with Crippen LogP contribution in [0.5, 0.6) is 0 Å². The van der Waals surface area contributed by atoms with Crippen molar-refractivity contribution in [3.63, 3.8) is 0 Å². The number of nitrogens with zero attached hydrogens (tertiary/aromatic N) is 1. The van der Waals surface area contributed by atoms with Gasteiger partial charge in [0.25, 0.3) is 0 Å². The second kappa shape index (κ2) is 3.96. The minimum atomic E-state index is -0.121. The molecule has 0 saturated carbocycles. The third-order valence-corrected chi connectivity index (χ3v) is 3.74. The molecule has 4 heteroatoms. The van der Waals surface area contributed by atoms with E-state index in [1.807, 2.05) is 11.7 Å². The van der Waals surface area contributed by atoms with Crippen molar-refractivity contribution in [1.82, 2.24) is 4.98 Å². The molecule has 0 radical (unpaired) electrons. The summed E-state index contributed by atoms with van der Waals surface area (Å²) in [5.74, 6) is 0. The molecule has 0 spiro atoms. The van der Waals surface area contributed by atoms with E-state index in [0.717, 1.165) is 25.9 Å². The Kier molecular flexibility index (Phi) is 2.85. The van der Waals surface area contributed by atoms with Gasteiger partial charge in [-0.05, 0) is 19.8 Å². The Balaban J connectivity index is 1.98. The molecule has 2 unspecified atom stereocenters. The van der Waals surface area contributed by atoms with Gasteiger partial charge in [-0.3, -0.25) is 4.98 Å². The molecule has 1 saturated heterocycles. The minimum Gasteiger partial charge on any atom is -0.374 e. The number of ether oxygens (including phenoxy) is 1. The molecule has 1 aromatic heterocycles. The van der Waals surface area contributed by atoms with E-state index in [1.54, 1.807) is 11.3 Å². The fraction of sp³-hybridized carbons (Fsp3) is 0.700. The third kappa shape index (κ3) is 1.97. The van der Waals surface area contributed by atoms with Crippen LogP contribution in [0, 0.1) is 0 Å². The Labute approximate surface area is 88.3 Å². The van der Waals surface area contributed by atoms with Crippen molar-refractivity contribution >= 4 is 11.3 Å². The van der Waals surface area contributed by atoms with Gasteiger partial charge in [-0.1, -0.05) is 0 Å². The molecule has 2 atom stereocenters. The van der Waals surface area contributed by atoms with Crippen molar-refractivity contribution in [2.75, 3.05) is 6.61 Å². The summed E-state index contributed by atoms with van der Waals surface area (Å²) in [6.07, 6.45) is 4.98. The van der Waals surface area contributed by atoms with Crippen molar-refractivity contribution in [3.05, 3.63) is 16.6 Å². The van der Waals surface area contributed by atoms with E-state index in [4.69, 9.17) is 10.5 Å². The highest BCUT2D eigenvalue weighted by Crippen LogP contribution is 2.29. The summed E-state index contributed by atoms with van der Waals surface area (Å²) in [4.78, 5) is 5.29. The normalized spacial score (nSPS) is 29.3. The number of hydrogen-bond acceptors (Lipinski definition) is 4. The van der Waals surface area contributed by atoms with Crippen LogP contribution >= 0.6 is 11.3 Å². The number of nitrogens with two attached hydrogens (primary N) is 1. The predicted octanol–water partition coefficient (Wildman–Crippen LogP) is 1.58. The van der Waals surface area contributed by atoms with Gasteiger partial charge >= 0.3 is 0 Å². The fourth-order valence-corrected chi connectivity index (χ4v) is 2.52. The molecule has 2 N–H and O–H groups in total. The molecular formula is C10H16N2OS. The van der Waals surface area contributed by atoms with E-state index in [-0.39, 0.29) is 11.6 Å². The van der Waals surface area contributed by atoms with E-state index in [1.165, 1.54) is 4.88 Å². The molecule has 1 aliphatic rings. The second-order valence-electron chi connectivity index (χ2n) is 4.04. The molecule has 0 amide bonds. The van der Waals surface area contributed by atoms with E-state index >= 15 is 0 Å². The van der Waals surface area contributed by atoms with Gasteiger partial charge in [-0.2, -0.15) is 0 Å². The van der Waals surface area contributed by atoms with Gasteiger partial charge in [0.05, 0.1) is 11.1 Å². The topological polar surface area (TPSA) is 48.1 Å². The molecular weight excluding hydrogens is 196 g/mol. The van der Waals surface area contributed by atoms with Crippen molar-refractivity contribution in [1.29, 1.82) is 0 Å². The predicted molar refractivity (Wildman–Crippen MR) is 57.4 cm³/mol. The molecule has 78 valence electrons. The molecule has 3 nitrogen and oxygen atoms in total. The van der Waals surface area contributed by atoms with Crippen LogP contribution in [0.15, 0.2) is 11.7 Å². The summed E-state index contributed by atoms with van der Waals surface area (Å²) >= 11 is 1.66. The Morgan fingerprint density at radius 2 is 2.64 bits per heavy atom. The second-order valence-corrected chi connectivity index (χ2v) is 5.01. The average molecular weight is 212 g/mol. The lowest BCUT2D eigenvalue weighted by Gasteiger charge is -2.29. The zero-order valence-corrected chi connectivity index (χ0v) is 9.22. The number of rotatable bonds is 3. The average Bonchev–Trinajstić information content (AvgIpc) is 2.76. The first kappa shape index (κ1) is 10.1. The summed E-state index contributed by atoms with van der Waals surface area (Å²) in [6, 6.07) is 0.0884. The maximum absolute atomic E-state index is 6.16. The Morgan fingerprint density at radius 3 is 3.21 bits per heavy atom. The fourth-order valence-electron chi connectivity index (χ4n) is 1.87. The molecule has 1 fully saturated rings. The summed E-state index contributed by atoms with van der Waals surface area (Å²) in [5.41, 5.74) is 7.88. The van der Waals surface area contributed by atoms with Gasteiger partial charge in [0.15, 0.2) is 0 Å². The number of thiazole rings is 1. The number of aromatic nitrogens is 1. The van der Waals surface area contributed by atoms with Crippen molar-refractivity contribution in [2.45, 2.75) is 37.8 Å². The van der Waals surface area contributed by atoms with Crippen molar-refractivity contribution < 1.29 is 4.74 Å². The molecule has 2 heterocycles. The molecule has 0 aliphatic carbocycles. The Morgan fingerprint density at radius 1 is 1.79 bits per heavy atom. The van der Waals surface area contributed by atoms with Crippen LogP contribution < -0.4 is 5.73 Å². The van der Waals surface area contributed by atoms with Crippen LogP contribution in [0.1, 0.15) is 24.6 Å². The first-order chi connectivity index (χ1) is 6.71. The monoisotopic (exact) mass is 212 g/mol. The van der Waals surface area contributed by atoms with Gasteiger partial charge in [-0.25, -0.2) is 0 Å². The Hall–Kier alpha value is -0.450. The highest BCUT2D eigenvalue weighted by molar-refractivity contribution is 7.09. The molecule has 0 aromatic carbocycles. The van der Waals surface area contributed by atoms with Crippen LogP contribution in [-0.4, -0.2) is 23.2 Å². The minimum absolute atomic E-state index is 0.0884. The molecule has 2 rings (SSSR count). The lowest BCUT2D eigenvalue weighted by Crippen LogP contribution is -2.46. The zero-order valence-electron chi connectivity index (χ0n) is 8.40. The highest BCUT2D eigenvalue weighted by Gasteiger charge is 2.36. The quantitative estimate of drug-likeness (QED) is 0.827. The Bertz CT molecular complexity index is 280. The SMILES string of the molecule is CC1(C(N)Cc2cncs2)CCCO1. The first-order valence-electron chi connectivity index (χ1n) is 4.98. The molecule has 14 heavy (non-hydrogen) atoms. The largest absolute Gasteiger partial charge is 0.374 e. The maximum Gasteiger partial charge on any atom is 0.0809 e. The highest BCUT2D eigenvalue weighted by atomic mass is 32.1. The number of hydrogen-bond donors (Lipinski definition) is 1. The van der Waals surface area contributed by atoms with E-state index < -0.39 is 0 Å². The lowest BCUT2D eigenvalue weighted by atomic mass is 9.91. The summed E-state index contributed by atoms with van der Waals surface area (Å²) in [7, 11) is 0. The summed E-state index contributed by atoms with van der Waals surface area (Å²) in [5, 5.41) is 0. The van der Waals surface area contributed by atoms with Crippen LogP contribution in [0.4, 0.5) is 0 Å². The van der Waals surface area contributed by atoms with Gasteiger partial charge < -0.3 is 10.5 Å². The van der Waals surface area contributed by atoms with Gasteiger partial charge in [0.1, 0.15) is 0 Å². The van der Waals surface area contributed by atoms with Crippen LogP contribution in [-0.2, 0) is 11.2 Å². The van der Waals surface area contributed by atoms with Gasteiger partial charge in [-0.15, -0.1) is 11.3 Å². The van der Waals surface area contributed by atoms with E-state index in [9.17, 15) is 0 Å². The van der Waals surface area contributed by atoms with Crippen LogP contribution in [0.3, 0.4) is 0 Å². The van der Waals surface area contributed by atoms with Crippen molar-refractivity contribution in [3.8, 4) is 0 Å². The van der Waals surface area contributed by atoms with Gasteiger partial charge in [0.2, 0.25) is 0 Å². The summed E-state index contributed by atoms with van der Waals surface area (Å²) < 4.78 is 5.71. The smallest absolute Gasteiger partial charge is 0.0809 e. The van der Waals surface area contributed by atoms with Crippen LogP contribution in [0.2, 0.25) is 0 Å². The maximum atomic E-state index is 6.16. The van der Waals surface area contributed by atoms with Gasteiger partial charge in [0, 0.05) is 30.1 Å². The molecule has 1 aromatic rings. The standard InChI is InChI=1S/C10H16N2OS/c1-10(3-2-4-13-10)9(11)5-8-6-12-7-14-8/h6-7,9H,2-5,11H2,1H3. The van der Waals surface area contributed by atoms with Crippen LogP contribution in [0.25, 0.3) is 0 Å². The third-order valence-electron chi connectivity index (χ3n) is 2.94. The van der Waals surface area contributed by atoms with E-state index in [2.05, 4.69) is 11.9 Å². The van der Waals surface area contributed by atoms with E-state index in [0.29, 0.717) is 0 Å². The van der Waals surface area contributed by atoms with Crippen molar-refractivity contribution in [2.24, 2.45) is 5.73 Å². The first-order valence-corrected chi connectivity index (χ1v) is 5.85. The molecule has 0 bridgehead atoms.